The third kappa shape index (κ3) is 2.02. The number of ether oxygens (including phenoxy) is 1. The maximum atomic E-state index is 11.6. The lowest BCUT2D eigenvalue weighted by Gasteiger charge is -2.17. The van der Waals surface area contributed by atoms with Gasteiger partial charge >= 0.3 is 5.69 Å². The summed E-state index contributed by atoms with van der Waals surface area (Å²) < 4.78 is 6.28. The smallest absolute Gasteiger partial charge is 0.351 e. The normalized spacial score (nSPS) is 32.9. The molecule has 4 atom stereocenters. The van der Waals surface area contributed by atoms with Crippen LogP contribution in [0.4, 0.5) is 5.82 Å². The van der Waals surface area contributed by atoms with Crippen molar-refractivity contribution in [2.24, 2.45) is 0 Å². The predicted octanol–water partition coefficient (Wildman–Crippen LogP) is -0.882. The second-order valence-corrected chi connectivity index (χ2v) is 4.28. The molecule has 17 heavy (non-hydrogen) atoms. The zero-order valence-electron chi connectivity index (χ0n) is 8.95. The van der Waals surface area contributed by atoms with E-state index in [4.69, 9.17) is 22.1 Å². The van der Waals surface area contributed by atoms with Gasteiger partial charge in [0.1, 0.15) is 18.0 Å². The summed E-state index contributed by atoms with van der Waals surface area (Å²) in [6.45, 7) is 1.59. The Morgan fingerprint density at radius 1 is 1.53 bits per heavy atom. The minimum absolute atomic E-state index is 0.0782. The zero-order valence-corrected chi connectivity index (χ0v) is 9.70. The van der Waals surface area contributed by atoms with Gasteiger partial charge in [0, 0.05) is 6.20 Å². The fourth-order valence-corrected chi connectivity index (χ4v) is 1.84. The molecule has 8 heteroatoms. The Morgan fingerprint density at radius 2 is 2.18 bits per heavy atom. The molecule has 1 aromatic heterocycles. The van der Waals surface area contributed by atoms with Crippen LogP contribution < -0.4 is 11.4 Å². The molecule has 1 saturated heterocycles. The van der Waals surface area contributed by atoms with E-state index in [1.54, 1.807) is 6.92 Å². The van der Waals surface area contributed by atoms with E-state index in [1.807, 2.05) is 0 Å². The lowest BCUT2D eigenvalue weighted by atomic mass is 10.1. The predicted molar refractivity (Wildman–Crippen MR) is 59.5 cm³/mol. The molecule has 0 aliphatic carbocycles. The molecule has 2 rings (SSSR count). The van der Waals surface area contributed by atoms with Gasteiger partial charge in [-0.25, -0.2) is 4.79 Å². The molecule has 0 saturated carbocycles. The van der Waals surface area contributed by atoms with Gasteiger partial charge in [0.2, 0.25) is 0 Å². The van der Waals surface area contributed by atoms with Gasteiger partial charge in [0.15, 0.2) is 6.23 Å². The first-order valence-corrected chi connectivity index (χ1v) is 5.35. The number of aliphatic hydroxyl groups excluding tert-OH is 2. The van der Waals surface area contributed by atoms with E-state index in [1.165, 1.54) is 6.20 Å². The standard InChI is InChI=1S/C9H12ClN3O4/c1-3-5(14)6(15)8(17-3)13-2-4(10)7(11)12-9(13)16/h2-3,5-6,8,14-15H,1H3,(H2,11,12,16)/t3-,5+,6+,8-/m1/s1. The molecule has 94 valence electrons. The molecule has 0 radical (unpaired) electrons. The SMILES string of the molecule is C[C@H]1O[C@@H](n2cc(Cl)c(N)nc2=O)[C@@H](O)[C@H]1O. The van der Waals surface area contributed by atoms with E-state index in [2.05, 4.69) is 4.98 Å². The second-order valence-electron chi connectivity index (χ2n) is 3.88. The molecule has 1 fully saturated rings. The Balaban J connectivity index is 2.42. The Bertz CT molecular complexity index is 492. The van der Waals surface area contributed by atoms with Gasteiger partial charge in [-0.05, 0) is 6.92 Å². The van der Waals surface area contributed by atoms with E-state index in [0.717, 1.165) is 4.57 Å². The number of nitrogens with zero attached hydrogens (tertiary/aromatic N) is 2. The summed E-state index contributed by atoms with van der Waals surface area (Å²) in [4.78, 5) is 15.1. The lowest BCUT2D eigenvalue weighted by Crippen LogP contribution is -2.35. The van der Waals surface area contributed by atoms with Crippen molar-refractivity contribution in [2.45, 2.75) is 31.5 Å². The summed E-state index contributed by atoms with van der Waals surface area (Å²) in [5.74, 6) is -0.0889. The molecule has 0 unspecified atom stereocenters. The molecule has 4 N–H and O–H groups in total. The molecule has 0 bridgehead atoms. The maximum Gasteiger partial charge on any atom is 0.351 e. The average Bonchev–Trinajstić information content (AvgIpc) is 2.51. The Labute approximate surface area is 101 Å². The van der Waals surface area contributed by atoms with Gasteiger partial charge in [-0.15, -0.1) is 0 Å². The van der Waals surface area contributed by atoms with Gasteiger partial charge in [-0.3, -0.25) is 4.57 Å². The number of hydrogen-bond donors (Lipinski definition) is 3. The molecule has 0 amide bonds. The first-order valence-electron chi connectivity index (χ1n) is 4.97. The minimum Gasteiger partial charge on any atom is -0.388 e. The molecule has 0 spiro atoms. The third-order valence-corrected chi connectivity index (χ3v) is 2.98. The van der Waals surface area contributed by atoms with Crippen LogP contribution in [0.25, 0.3) is 0 Å². The summed E-state index contributed by atoms with van der Waals surface area (Å²) in [6, 6.07) is 0. The van der Waals surface area contributed by atoms with E-state index in [0.29, 0.717) is 0 Å². The number of aromatic nitrogens is 2. The fourth-order valence-electron chi connectivity index (χ4n) is 1.70. The quantitative estimate of drug-likeness (QED) is 0.605. The van der Waals surface area contributed by atoms with E-state index < -0.39 is 30.2 Å². The monoisotopic (exact) mass is 261 g/mol. The molecular formula is C9H12ClN3O4. The highest BCUT2D eigenvalue weighted by molar-refractivity contribution is 6.32. The van der Waals surface area contributed by atoms with Gasteiger partial charge in [-0.1, -0.05) is 11.6 Å². The average molecular weight is 262 g/mol. The van der Waals surface area contributed by atoms with Gasteiger partial charge in [0.05, 0.1) is 11.1 Å². The molecule has 2 heterocycles. The molecule has 0 aromatic carbocycles. The van der Waals surface area contributed by atoms with Crippen LogP contribution in [0, 0.1) is 0 Å². The molecule has 1 aliphatic rings. The Kier molecular flexibility index (Phi) is 3.09. The topological polar surface area (TPSA) is 111 Å². The maximum absolute atomic E-state index is 11.6. The molecular weight excluding hydrogens is 250 g/mol. The largest absolute Gasteiger partial charge is 0.388 e. The number of halogens is 1. The summed E-state index contributed by atoms with van der Waals surface area (Å²) in [7, 11) is 0. The highest BCUT2D eigenvalue weighted by Crippen LogP contribution is 2.28. The Hall–Kier alpha value is -1.15. The number of nitrogen functional groups attached to an aromatic ring is 1. The fraction of sp³-hybridized carbons (Fsp3) is 0.556. The minimum atomic E-state index is -1.22. The van der Waals surface area contributed by atoms with Crippen LogP contribution in [0.3, 0.4) is 0 Å². The van der Waals surface area contributed by atoms with Crippen LogP contribution in [0.1, 0.15) is 13.2 Å². The van der Waals surface area contributed by atoms with Crippen molar-refractivity contribution in [1.82, 2.24) is 9.55 Å². The third-order valence-electron chi connectivity index (χ3n) is 2.69. The lowest BCUT2D eigenvalue weighted by molar-refractivity contribution is -0.0349. The number of hydrogen-bond acceptors (Lipinski definition) is 6. The number of rotatable bonds is 1. The van der Waals surface area contributed by atoms with Crippen molar-refractivity contribution in [3.63, 3.8) is 0 Å². The van der Waals surface area contributed by atoms with Crippen molar-refractivity contribution in [3.8, 4) is 0 Å². The molecule has 1 aliphatic heterocycles. The van der Waals surface area contributed by atoms with E-state index in [-0.39, 0.29) is 10.8 Å². The van der Waals surface area contributed by atoms with E-state index in [9.17, 15) is 15.0 Å². The van der Waals surface area contributed by atoms with Crippen LogP contribution in [-0.4, -0.2) is 38.1 Å². The van der Waals surface area contributed by atoms with Crippen LogP contribution in [0.2, 0.25) is 5.02 Å². The first-order chi connectivity index (χ1) is 7.91. The highest BCUT2D eigenvalue weighted by atomic mass is 35.5. The van der Waals surface area contributed by atoms with Crippen LogP contribution in [-0.2, 0) is 4.74 Å². The summed E-state index contributed by atoms with van der Waals surface area (Å²) in [6.07, 6.45) is -2.66. The van der Waals surface area contributed by atoms with Crippen molar-refractivity contribution < 1.29 is 14.9 Å². The van der Waals surface area contributed by atoms with Crippen molar-refractivity contribution in [2.75, 3.05) is 5.73 Å². The van der Waals surface area contributed by atoms with Crippen LogP contribution >= 0.6 is 11.6 Å². The molecule has 1 aromatic rings. The number of nitrogens with two attached hydrogens (primary N) is 1. The highest BCUT2D eigenvalue weighted by Gasteiger charge is 2.41. The second kappa shape index (κ2) is 4.26. The van der Waals surface area contributed by atoms with Crippen molar-refractivity contribution >= 4 is 17.4 Å². The molecule has 7 nitrogen and oxygen atoms in total. The van der Waals surface area contributed by atoms with E-state index >= 15 is 0 Å². The van der Waals surface area contributed by atoms with Gasteiger partial charge in [0.25, 0.3) is 0 Å². The summed E-state index contributed by atoms with van der Waals surface area (Å²) in [5, 5.41) is 19.4. The number of aliphatic hydroxyl groups is 2. The Morgan fingerprint density at radius 3 is 2.71 bits per heavy atom. The number of anilines is 1. The first kappa shape index (κ1) is 12.3. The van der Waals surface area contributed by atoms with Crippen molar-refractivity contribution in [3.05, 3.63) is 21.7 Å². The van der Waals surface area contributed by atoms with Crippen molar-refractivity contribution in [1.29, 1.82) is 0 Å². The van der Waals surface area contributed by atoms with Gasteiger partial charge < -0.3 is 20.7 Å². The van der Waals surface area contributed by atoms with Crippen LogP contribution in [0.5, 0.6) is 0 Å². The van der Waals surface area contributed by atoms with Gasteiger partial charge in [-0.2, -0.15) is 4.98 Å². The van der Waals surface area contributed by atoms with Crippen LogP contribution in [0.15, 0.2) is 11.0 Å². The zero-order chi connectivity index (χ0) is 12.7. The summed E-state index contributed by atoms with van der Waals surface area (Å²) in [5.41, 5.74) is 4.67. The summed E-state index contributed by atoms with van der Waals surface area (Å²) >= 11 is 5.74.